The van der Waals surface area contributed by atoms with Crippen molar-refractivity contribution in [1.82, 2.24) is 16.0 Å². The molecular weight excluding hydrogens is 480 g/mol. The number of hydrogen-bond acceptors (Lipinski definition) is 5. The maximum absolute atomic E-state index is 13.4. The van der Waals surface area contributed by atoms with Crippen LogP contribution >= 0.6 is 0 Å². The van der Waals surface area contributed by atoms with E-state index in [9.17, 15) is 19.2 Å². The fraction of sp³-hybridized carbons (Fsp3) is 0.267. The molecule has 0 aliphatic carbocycles. The number of rotatable bonds is 12. The molecule has 0 unspecified atom stereocenters. The highest BCUT2D eigenvalue weighted by atomic mass is 16.2. The van der Waals surface area contributed by atoms with Gasteiger partial charge in [0.15, 0.2) is 0 Å². The number of anilines is 2. The molecule has 3 rings (SSSR count). The van der Waals surface area contributed by atoms with Gasteiger partial charge in [0.25, 0.3) is 11.8 Å². The zero-order valence-corrected chi connectivity index (χ0v) is 21.9. The molecule has 8 heteroatoms. The van der Waals surface area contributed by atoms with Crippen molar-refractivity contribution in [2.75, 3.05) is 11.9 Å². The van der Waals surface area contributed by atoms with Gasteiger partial charge in [-0.05, 0) is 42.7 Å². The number of carbonyl (C=O) groups excluding carboxylic acids is 4. The fourth-order valence-electron chi connectivity index (χ4n) is 3.95. The highest BCUT2D eigenvalue weighted by Gasteiger charge is 2.32. The van der Waals surface area contributed by atoms with Crippen LogP contribution in [0.4, 0.5) is 11.4 Å². The summed E-state index contributed by atoms with van der Waals surface area (Å²) in [5.74, 6) is -2.77. The van der Waals surface area contributed by atoms with Gasteiger partial charge in [0, 0.05) is 18.7 Å². The van der Waals surface area contributed by atoms with E-state index in [4.69, 9.17) is 0 Å². The van der Waals surface area contributed by atoms with Crippen LogP contribution in [0.15, 0.2) is 84.9 Å². The number of ketones is 1. The molecule has 2 atom stereocenters. The summed E-state index contributed by atoms with van der Waals surface area (Å²) in [6, 6.07) is 23.6. The summed E-state index contributed by atoms with van der Waals surface area (Å²) >= 11 is 0. The number of amides is 3. The van der Waals surface area contributed by atoms with Crippen molar-refractivity contribution in [3.8, 4) is 0 Å². The average molecular weight is 515 g/mol. The number of Topliss-reactive ketones (excluding diaryl/α,β-unsaturated/α-hetero) is 1. The molecule has 0 spiro atoms. The van der Waals surface area contributed by atoms with Gasteiger partial charge < -0.3 is 21.3 Å². The normalized spacial score (nSPS) is 12.2. The van der Waals surface area contributed by atoms with Crippen LogP contribution in [0.5, 0.6) is 0 Å². The maximum Gasteiger partial charge on any atom is 0.289 e. The minimum absolute atomic E-state index is 0.144. The average Bonchev–Trinajstić information content (AvgIpc) is 2.92. The number of para-hydroxylation sites is 2. The summed E-state index contributed by atoms with van der Waals surface area (Å²) in [5, 5.41) is 11.3. The molecule has 38 heavy (non-hydrogen) atoms. The van der Waals surface area contributed by atoms with Gasteiger partial charge in [-0.2, -0.15) is 0 Å². The predicted molar refractivity (Wildman–Crippen MR) is 148 cm³/mol. The van der Waals surface area contributed by atoms with Gasteiger partial charge in [-0.3, -0.25) is 19.2 Å². The van der Waals surface area contributed by atoms with Gasteiger partial charge in [-0.1, -0.05) is 74.5 Å². The molecule has 3 aromatic rings. The van der Waals surface area contributed by atoms with Gasteiger partial charge >= 0.3 is 0 Å². The third kappa shape index (κ3) is 7.77. The van der Waals surface area contributed by atoms with E-state index in [1.807, 2.05) is 66.7 Å². The van der Waals surface area contributed by atoms with E-state index in [0.717, 1.165) is 11.3 Å². The third-order valence-corrected chi connectivity index (χ3v) is 5.94. The molecule has 3 aromatic carbocycles. The van der Waals surface area contributed by atoms with Crippen LogP contribution in [0, 0.1) is 5.92 Å². The molecule has 0 aliphatic heterocycles. The summed E-state index contributed by atoms with van der Waals surface area (Å²) in [6.07, 6.45) is 0.144. The van der Waals surface area contributed by atoms with Crippen LogP contribution in [0.3, 0.4) is 0 Å². The lowest BCUT2D eigenvalue weighted by atomic mass is 9.98. The van der Waals surface area contributed by atoms with Crippen molar-refractivity contribution in [3.05, 3.63) is 96.1 Å². The standard InChI is InChI=1S/C30H34N4O4/c1-4-31-30(38)27(35)25(19-21-13-7-5-8-14-21)33-29(37)26(20(2)3)34-28(36)23-17-11-12-18-24(23)32-22-15-9-6-10-16-22/h5-18,20,25-26,32H,4,19H2,1-3H3,(H,31,38)(H,33,37)(H,34,36)/t25-,26-/m0/s1. The van der Waals surface area contributed by atoms with Crippen LogP contribution < -0.4 is 21.3 Å². The molecular formula is C30H34N4O4. The lowest BCUT2D eigenvalue weighted by Gasteiger charge is -2.25. The van der Waals surface area contributed by atoms with Gasteiger partial charge in [0.2, 0.25) is 11.7 Å². The summed E-state index contributed by atoms with van der Waals surface area (Å²) in [4.78, 5) is 51.9. The van der Waals surface area contributed by atoms with E-state index in [-0.39, 0.29) is 18.9 Å². The van der Waals surface area contributed by atoms with Crippen LogP contribution in [0.25, 0.3) is 0 Å². The molecule has 0 heterocycles. The van der Waals surface area contributed by atoms with Crippen molar-refractivity contribution in [2.45, 2.75) is 39.3 Å². The largest absolute Gasteiger partial charge is 0.355 e. The molecule has 0 saturated heterocycles. The number of likely N-dealkylation sites (N-methyl/N-ethyl adjacent to an activating group) is 1. The fourth-order valence-corrected chi connectivity index (χ4v) is 3.95. The molecule has 0 saturated carbocycles. The monoisotopic (exact) mass is 514 g/mol. The molecule has 198 valence electrons. The molecule has 4 N–H and O–H groups in total. The molecule has 3 amide bonds. The van der Waals surface area contributed by atoms with Crippen molar-refractivity contribution < 1.29 is 19.2 Å². The Balaban J connectivity index is 1.79. The number of benzene rings is 3. The van der Waals surface area contributed by atoms with Gasteiger partial charge in [-0.25, -0.2) is 0 Å². The first-order valence-electron chi connectivity index (χ1n) is 12.7. The zero-order valence-electron chi connectivity index (χ0n) is 21.9. The van der Waals surface area contributed by atoms with Gasteiger partial charge in [-0.15, -0.1) is 0 Å². The first-order chi connectivity index (χ1) is 18.3. The highest BCUT2D eigenvalue weighted by Crippen LogP contribution is 2.21. The van der Waals surface area contributed by atoms with Crippen LogP contribution in [-0.2, 0) is 20.8 Å². The molecule has 0 fully saturated rings. The Morgan fingerprint density at radius 2 is 1.37 bits per heavy atom. The van der Waals surface area contributed by atoms with Crippen LogP contribution in [0.1, 0.15) is 36.7 Å². The van der Waals surface area contributed by atoms with E-state index >= 15 is 0 Å². The second kappa shape index (κ2) is 13.7. The van der Waals surface area contributed by atoms with E-state index in [1.54, 1.807) is 39.0 Å². The SMILES string of the molecule is CCNC(=O)C(=O)[C@H](Cc1ccccc1)NC(=O)[C@@H](NC(=O)c1ccccc1Nc1ccccc1)C(C)C. The lowest BCUT2D eigenvalue weighted by molar-refractivity contribution is -0.140. The second-order valence-electron chi connectivity index (χ2n) is 9.21. The Morgan fingerprint density at radius 1 is 0.763 bits per heavy atom. The summed E-state index contributed by atoms with van der Waals surface area (Å²) in [6.45, 7) is 5.61. The first kappa shape index (κ1) is 28.1. The van der Waals surface area contributed by atoms with E-state index in [1.165, 1.54) is 0 Å². The highest BCUT2D eigenvalue weighted by molar-refractivity contribution is 6.38. The quantitative estimate of drug-likeness (QED) is 0.276. The molecule has 8 nitrogen and oxygen atoms in total. The lowest BCUT2D eigenvalue weighted by Crippen LogP contribution is -2.56. The van der Waals surface area contributed by atoms with Crippen LogP contribution in [-0.4, -0.2) is 42.1 Å². The Labute approximate surface area is 223 Å². The summed E-state index contributed by atoms with van der Waals surface area (Å²) in [5.41, 5.74) is 2.57. The van der Waals surface area contributed by atoms with Crippen molar-refractivity contribution >= 4 is 34.9 Å². The zero-order chi connectivity index (χ0) is 27.5. The van der Waals surface area contributed by atoms with Gasteiger partial charge in [0.1, 0.15) is 12.1 Å². The Kier molecular flexibility index (Phi) is 10.2. The second-order valence-corrected chi connectivity index (χ2v) is 9.21. The smallest absolute Gasteiger partial charge is 0.289 e. The number of carbonyl (C=O) groups is 4. The van der Waals surface area contributed by atoms with Crippen molar-refractivity contribution in [1.29, 1.82) is 0 Å². The Bertz CT molecular complexity index is 1250. The number of nitrogens with one attached hydrogen (secondary N) is 4. The minimum atomic E-state index is -1.08. The minimum Gasteiger partial charge on any atom is -0.355 e. The van der Waals surface area contributed by atoms with Crippen LogP contribution in [0.2, 0.25) is 0 Å². The molecule has 0 bridgehead atoms. The van der Waals surface area contributed by atoms with E-state index in [0.29, 0.717) is 11.3 Å². The van der Waals surface area contributed by atoms with E-state index in [2.05, 4.69) is 21.3 Å². The Hall–Kier alpha value is -4.46. The van der Waals surface area contributed by atoms with Crippen molar-refractivity contribution in [2.24, 2.45) is 5.92 Å². The van der Waals surface area contributed by atoms with Crippen molar-refractivity contribution in [3.63, 3.8) is 0 Å². The molecule has 0 radical (unpaired) electrons. The van der Waals surface area contributed by atoms with E-state index < -0.39 is 35.6 Å². The number of hydrogen-bond donors (Lipinski definition) is 4. The predicted octanol–water partition coefficient (Wildman–Crippen LogP) is 3.62. The summed E-state index contributed by atoms with van der Waals surface area (Å²) in [7, 11) is 0. The molecule has 0 aromatic heterocycles. The summed E-state index contributed by atoms with van der Waals surface area (Å²) < 4.78 is 0. The topological polar surface area (TPSA) is 116 Å². The third-order valence-electron chi connectivity index (χ3n) is 5.94. The van der Waals surface area contributed by atoms with Gasteiger partial charge in [0.05, 0.1) is 11.3 Å². The maximum atomic E-state index is 13.4. The first-order valence-corrected chi connectivity index (χ1v) is 12.7. The molecule has 0 aliphatic rings. The Morgan fingerprint density at radius 3 is 2.00 bits per heavy atom.